The van der Waals surface area contributed by atoms with Crippen LogP contribution in [0.2, 0.25) is 0 Å². The molecule has 2 unspecified atom stereocenters. The van der Waals surface area contributed by atoms with Gasteiger partial charge in [-0.05, 0) is 11.5 Å². The first-order chi connectivity index (χ1) is 15.9. The lowest BCUT2D eigenvalue weighted by molar-refractivity contribution is -0.183. The second kappa shape index (κ2) is 7.18. The Hall–Kier alpha value is -2.64. The second-order valence-corrected chi connectivity index (χ2v) is 10.3. The van der Waals surface area contributed by atoms with E-state index < -0.39 is 17.3 Å². The first kappa shape index (κ1) is 20.9. The van der Waals surface area contributed by atoms with E-state index >= 15 is 0 Å². The van der Waals surface area contributed by atoms with Gasteiger partial charge in [0.2, 0.25) is 0 Å². The van der Waals surface area contributed by atoms with Gasteiger partial charge in [-0.1, -0.05) is 71.4 Å². The minimum atomic E-state index is -1.62. The zero-order valence-electron chi connectivity index (χ0n) is 18.3. The van der Waals surface area contributed by atoms with Crippen LogP contribution >= 0.6 is 15.9 Å². The SMILES string of the molecule is COc1cncc2c1[C@]1(O)[C@@H]3OC(=O)C[C@@H]3[C@@H](c3ccccc3)[C@]1(C1C=CC(Br)=CC1C)O2. The Kier molecular flexibility index (Phi) is 4.55. The molecule has 3 heterocycles. The van der Waals surface area contributed by atoms with Crippen LogP contribution in [0.5, 0.6) is 11.5 Å². The molecule has 2 aliphatic carbocycles. The van der Waals surface area contributed by atoms with Crippen molar-refractivity contribution in [3.63, 3.8) is 0 Å². The van der Waals surface area contributed by atoms with Crippen LogP contribution in [-0.2, 0) is 15.1 Å². The predicted molar refractivity (Wildman–Crippen MR) is 124 cm³/mol. The van der Waals surface area contributed by atoms with Crippen LogP contribution in [0.3, 0.4) is 0 Å². The minimum Gasteiger partial charge on any atom is -0.495 e. The summed E-state index contributed by atoms with van der Waals surface area (Å²) in [5.41, 5.74) is -1.22. The molecule has 6 rings (SSSR count). The number of fused-ring (bicyclic) bond motifs is 5. The fourth-order valence-corrected chi connectivity index (χ4v) is 7.30. The zero-order chi connectivity index (χ0) is 23.0. The van der Waals surface area contributed by atoms with Crippen molar-refractivity contribution < 1.29 is 24.1 Å². The topological polar surface area (TPSA) is 77.9 Å². The fraction of sp³-hybridized carbons (Fsp3) is 0.385. The highest BCUT2D eigenvalue weighted by Gasteiger charge is 2.81. The van der Waals surface area contributed by atoms with E-state index in [-0.39, 0.29) is 36.1 Å². The number of methoxy groups -OCH3 is 1. The fourth-order valence-electron chi connectivity index (χ4n) is 6.73. The molecule has 0 amide bonds. The minimum absolute atomic E-state index is 0.0462. The van der Waals surface area contributed by atoms with Crippen LogP contribution in [0.15, 0.2) is 65.4 Å². The Morgan fingerprint density at radius 2 is 2.03 bits per heavy atom. The first-order valence-electron chi connectivity index (χ1n) is 11.2. The summed E-state index contributed by atoms with van der Waals surface area (Å²) in [6.07, 6.45) is 8.90. The highest BCUT2D eigenvalue weighted by atomic mass is 79.9. The van der Waals surface area contributed by atoms with Gasteiger partial charge in [0.15, 0.2) is 11.2 Å². The second-order valence-electron chi connectivity index (χ2n) is 9.34. The van der Waals surface area contributed by atoms with Crippen LogP contribution in [0, 0.1) is 17.8 Å². The van der Waals surface area contributed by atoms with Crippen molar-refractivity contribution in [1.29, 1.82) is 0 Å². The quantitative estimate of drug-likeness (QED) is 0.623. The van der Waals surface area contributed by atoms with E-state index in [2.05, 4.69) is 40.0 Å². The number of carbonyl (C=O) groups is 1. The van der Waals surface area contributed by atoms with E-state index in [9.17, 15) is 9.90 Å². The number of pyridine rings is 1. The van der Waals surface area contributed by atoms with Crippen LogP contribution in [0.1, 0.15) is 30.4 Å². The van der Waals surface area contributed by atoms with Gasteiger partial charge in [-0.2, -0.15) is 0 Å². The van der Waals surface area contributed by atoms with Gasteiger partial charge < -0.3 is 19.3 Å². The standard InChI is InChI=1S/C26H24BrNO5/c1-14-10-16(27)8-9-18(14)26-22(15-6-4-3-5-7-15)17-11-21(29)32-24(17)25(26,30)23-19(31-2)12-28-13-20(23)33-26/h3-10,12-14,17-18,22,24,30H,11H2,1-2H3/t14?,17-,18?,22-,24-,25+,26+/m1/s1. The molecule has 6 nitrogen and oxygen atoms in total. The smallest absolute Gasteiger partial charge is 0.306 e. The Morgan fingerprint density at radius 3 is 2.76 bits per heavy atom. The lowest BCUT2D eigenvalue weighted by Crippen LogP contribution is -2.60. The van der Waals surface area contributed by atoms with Crippen molar-refractivity contribution in [3.05, 3.63) is 76.6 Å². The molecule has 0 spiro atoms. The molecule has 7 heteroatoms. The summed E-state index contributed by atoms with van der Waals surface area (Å²) >= 11 is 3.59. The number of benzene rings is 1. The Balaban J connectivity index is 1.67. The summed E-state index contributed by atoms with van der Waals surface area (Å²) in [6.45, 7) is 2.12. The Labute approximate surface area is 200 Å². The third-order valence-electron chi connectivity index (χ3n) is 7.81. The lowest BCUT2D eigenvalue weighted by Gasteiger charge is -2.47. The molecule has 1 aromatic carbocycles. The van der Waals surface area contributed by atoms with Crippen molar-refractivity contribution in [2.45, 2.75) is 36.6 Å². The third-order valence-corrected chi connectivity index (χ3v) is 8.34. The third kappa shape index (κ3) is 2.58. The maximum absolute atomic E-state index is 12.8. The van der Waals surface area contributed by atoms with E-state index in [0.29, 0.717) is 17.1 Å². The number of carbonyl (C=O) groups excluding carboxylic acids is 1. The van der Waals surface area contributed by atoms with Crippen molar-refractivity contribution in [3.8, 4) is 11.5 Å². The van der Waals surface area contributed by atoms with Crippen LogP contribution in [-0.4, -0.2) is 34.9 Å². The van der Waals surface area contributed by atoms with Gasteiger partial charge in [-0.15, -0.1) is 0 Å². The number of nitrogens with zero attached hydrogens (tertiary/aromatic N) is 1. The van der Waals surface area contributed by atoms with Gasteiger partial charge in [-0.25, -0.2) is 0 Å². The van der Waals surface area contributed by atoms with E-state index in [0.717, 1.165) is 10.0 Å². The summed E-state index contributed by atoms with van der Waals surface area (Å²) in [6, 6.07) is 10.0. The van der Waals surface area contributed by atoms with Crippen molar-refractivity contribution >= 4 is 21.9 Å². The number of aromatic nitrogens is 1. The molecule has 1 saturated heterocycles. The molecular formula is C26H24BrNO5. The van der Waals surface area contributed by atoms with Crippen molar-refractivity contribution in [2.24, 2.45) is 17.8 Å². The summed E-state index contributed by atoms with van der Waals surface area (Å²) < 4.78 is 19.4. The van der Waals surface area contributed by atoms with Crippen LogP contribution in [0.25, 0.3) is 0 Å². The molecule has 7 atom stereocenters. The maximum atomic E-state index is 12.8. The first-order valence-corrected chi connectivity index (χ1v) is 11.9. The van der Waals surface area contributed by atoms with Gasteiger partial charge >= 0.3 is 5.97 Å². The van der Waals surface area contributed by atoms with E-state index in [1.165, 1.54) is 0 Å². The number of hydrogen-bond acceptors (Lipinski definition) is 6. The zero-order valence-corrected chi connectivity index (χ0v) is 19.9. The monoisotopic (exact) mass is 509 g/mol. The predicted octanol–water partition coefficient (Wildman–Crippen LogP) is 4.24. The molecule has 170 valence electrons. The van der Waals surface area contributed by atoms with Gasteiger partial charge in [-0.3, -0.25) is 9.78 Å². The van der Waals surface area contributed by atoms with Gasteiger partial charge in [0.25, 0.3) is 0 Å². The summed E-state index contributed by atoms with van der Waals surface area (Å²) in [7, 11) is 1.55. The van der Waals surface area contributed by atoms with E-state index in [1.807, 2.05) is 36.4 Å². The average Bonchev–Trinajstić information content (AvgIpc) is 3.37. The molecule has 0 bridgehead atoms. The molecule has 0 radical (unpaired) electrons. The van der Waals surface area contributed by atoms with E-state index in [4.69, 9.17) is 14.2 Å². The summed E-state index contributed by atoms with van der Waals surface area (Å²) in [4.78, 5) is 16.9. The van der Waals surface area contributed by atoms with Gasteiger partial charge in [0.1, 0.15) is 17.6 Å². The van der Waals surface area contributed by atoms with Crippen molar-refractivity contribution in [2.75, 3.05) is 7.11 Å². The number of allylic oxidation sites excluding steroid dienone is 3. The molecule has 1 N–H and O–H groups in total. The molecule has 2 aliphatic heterocycles. The highest BCUT2D eigenvalue weighted by Crippen LogP contribution is 2.71. The van der Waals surface area contributed by atoms with Gasteiger partial charge in [0, 0.05) is 22.2 Å². The largest absolute Gasteiger partial charge is 0.495 e. The summed E-state index contributed by atoms with van der Waals surface area (Å²) in [5.74, 6) is -0.0972. The number of esters is 1. The number of aliphatic hydroxyl groups is 1. The van der Waals surface area contributed by atoms with Gasteiger partial charge in [0.05, 0.1) is 31.5 Å². The Bertz CT molecular complexity index is 1200. The molecule has 2 aromatic rings. The van der Waals surface area contributed by atoms with Crippen LogP contribution < -0.4 is 9.47 Å². The molecule has 2 fully saturated rings. The number of hydrogen-bond donors (Lipinski definition) is 1. The highest BCUT2D eigenvalue weighted by molar-refractivity contribution is 9.11. The Morgan fingerprint density at radius 1 is 1.24 bits per heavy atom. The average molecular weight is 510 g/mol. The van der Waals surface area contributed by atoms with E-state index in [1.54, 1.807) is 19.5 Å². The molecular weight excluding hydrogens is 486 g/mol. The number of rotatable bonds is 3. The lowest BCUT2D eigenvalue weighted by atomic mass is 9.63. The van der Waals surface area contributed by atoms with Crippen LogP contribution in [0.4, 0.5) is 0 Å². The molecule has 1 aromatic heterocycles. The number of halogens is 1. The number of ether oxygens (including phenoxy) is 3. The summed E-state index contributed by atoms with van der Waals surface area (Å²) in [5, 5.41) is 12.8. The molecule has 4 aliphatic rings. The maximum Gasteiger partial charge on any atom is 0.306 e. The molecule has 1 saturated carbocycles. The normalized spacial score (nSPS) is 38.1. The molecule has 33 heavy (non-hydrogen) atoms. The van der Waals surface area contributed by atoms with Crippen molar-refractivity contribution in [1.82, 2.24) is 4.98 Å².